The summed E-state index contributed by atoms with van der Waals surface area (Å²) in [6.07, 6.45) is 3.25. The maximum atomic E-state index is 12.5. The van der Waals surface area contributed by atoms with Crippen molar-refractivity contribution in [2.45, 2.75) is 20.8 Å². The standard InChI is InChI=1S/C25H25N3O4.ClH/c1-15-8-16(2)10-20(9-15)28-25-27-14-22(32-25)18-11-19(13-21(12-18)31-7-6-29)23-17(3)4-5-26-24(23)30;/h4-5,8-14,29H,6-7H2,1-3H3,(H,26,30)(H,27,28);1H. The first kappa shape index (κ1) is 24.1. The number of nitrogens with zero attached hydrogens (tertiary/aromatic N) is 1. The number of aliphatic hydroxyl groups excluding tert-OH is 1. The number of hydrogen-bond donors (Lipinski definition) is 3. The van der Waals surface area contributed by atoms with E-state index in [1.807, 2.05) is 45.0 Å². The van der Waals surface area contributed by atoms with Crippen LogP contribution in [0.3, 0.4) is 0 Å². The Balaban J connectivity index is 0.00000306. The first-order valence-electron chi connectivity index (χ1n) is 10.3. The molecule has 0 saturated heterocycles. The number of rotatable bonds is 7. The van der Waals surface area contributed by atoms with Crippen LogP contribution in [0.4, 0.5) is 11.7 Å². The minimum Gasteiger partial charge on any atom is -0.491 e. The van der Waals surface area contributed by atoms with Crippen molar-refractivity contribution in [3.63, 3.8) is 0 Å². The minimum absolute atomic E-state index is 0. The fourth-order valence-electron chi connectivity index (χ4n) is 3.70. The number of nitrogens with one attached hydrogen (secondary N) is 2. The zero-order valence-corrected chi connectivity index (χ0v) is 19.5. The Hall–Kier alpha value is -3.55. The van der Waals surface area contributed by atoms with Crippen molar-refractivity contribution < 1.29 is 14.3 Å². The van der Waals surface area contributed by atoms with Gasteiger partial charge < -0.3 is 24.6 Å². The first-order valence-corrected chi connectivity index (χ1v) is 10.3. The maximum absolute atomic E-state index is 12.5. The second-order valence-corrected chi connectivity index (χ2v) is 7.71. The Morgan fingerprint density at radius 1 is 1.06 bits per heavy atom. The topological polar surface area (TPSA) is 100 Å². The van der Waals surface area contributed by atoms with Gasteiger partial charge in [-0.1, -0.05) is 6.07 Å². The van der Waals surface area contributed by atoms with Crippen molar-refractivity contribution in [3.05, 3.63) is 81.9 Å². The van der Waals surface area contributed by atoms with Crippen LogP contribution in [0.2, 0.25) is 0 Å². The second kappa shape index (κ2) is 10.4. The van der Waals surface area contributed by atoms with Crippen LogP contribution in [0.5, 0.6) is 5.75 Å². The number of aliphatic hydroxyl groups is 1. The van der Waals surface area contributed by atoms with Crippen molar-refractivity contribution in [1.29, 1.82) is 0 Å². The number of ether oxygens (including phenoxy) is 1. The van der Waals surface area contributed by atoms with Crippen molar-refractivity contribution in [3.8, 4) is 28.2 Å². The maximum Gasteiger partial charge on any atom is 0.299 e. The Morgan fingerprint density at radius 3 is 2.48 bits per heavy atom. The van der Waals surface area contributed by atoms with Gasteiger partial charge in [0.2, 0.25) is 0 Å². The number of halogens is 1. The Bertz CT molecular complexity index is 1290. The predicted molar refractivity (Wildman–Crippen MR) is 132 cm³/mol. The lowest BCUT2D eigenvalue weighted by molar-refractivity contribution is 0.201. The number of aryl methyl sites for hydroxylation is 3. The number of benzene rings is 2. The molecule has 4 aromatic rings. The number of aromatic amines is 1. The lowest BCUT2D eigenvalue weighted by atomic mass is 9.99. The molecular formula is C25H26ClN3O4. The fraction of sp³-hybridized carbons (Fsp3) is 0.200. The summed E-state index contributed by atoms with van der Waals surface area (Å²) >= 11 is 0. The van der Waals surface area contributed by atoms with E-state index in [1.165, 1.54) is 0 Å². The molecule has 8 heteroatoms. The highest BCUT2D eigenvalue weighted by molar-refractivity contribution is 5.85. The van der Waals surface area contributed by atoms with E-state index < -0.39 is 0 Å². The predicted octanol–water partition coefficient (Wildman–Crippen LogP) is 5.16. The molecule has 0 aliphatic rings. The zero-order chi connectivity index (χ0) is 22.7. The van der Waals surface area contributed by atoms with Crippen LogP contribution in [0.25, 0.3) is 22.5 Å². The van der Waals surface area contributed by atoms with Gasteiger partial charge in [-0.2, -0.15) is 0 Å². The van der Waals surface area contributed by atoms with Gasteiger partial charge in [-0.3, -0.25) is 4.79 Å². The van der Waals surface area contributed by atoms with Gasteiger partial charge in [0.25, 0.3) is 11.6 Å². The summed E-state index contributed by atoms with van der Waals surface area (Å²) in [6.45, 7) is 5.98. The van der Waals surface area contributed by atoms with E-state index in [-0.39, 0.29) is 31.2 Å². The third-order valence-electron chi connectivity index (χ3n) is 4.99. The molecule has 2 aromatic heterocycles. The van der Waals surface area contributed by atoms with Crippen LogP contribution in [0.1, 0.15) is 16.7 Å². The Morgan fingerprint density at radius 2 is 1.79 bits per heavy atom. The third-order valence-corrected chi connectivity index (χ3v) is 4.99. The highest BCUT2D eigenvalue weighted by Crippen LogP contribution is 2.33. The number of oxazole rings is 1. The Kier molecular flexibility index (Phi) is 7.58. The summed E-state index contributed by atoms with van der Waals surface area (Å²) in [4.78, 5) is 19.6. The van der Waals surface area contributed by atoms with Crippen molar-refractivity contribution in [2.24, 2.45) is 0 Å². The first-order chi connectivity index (χ1) is 15.4. The van der Waals surface area contributed by atoms with E-state index >= 15 is 0 Å². The Labute approximate surface area is 197 Å². The molecule has 0 saturated carbocycles. The van der Waals surface area contributed by atoms with E-state index in [0.29, 0.717) is 34.2 Å². The molecule has 7 nitrogen and oxygen atoms in total. The van der Waals surface area contributed by atoms with E-state index in [4.69, 9.17) is 14.3 Å². The van der Waals surface area contributed by atoms with Crippen LogP contribution in [-0.4, -0.2) is 28.3 Å². The molecule has 172 valence electrons. The van der Waals surface area contributed by atoms with Crippen molar-refractivity contribution >= 4 is 24.1 Å². The number of pyridine rings is 1. The second-order valence-electron chi connectivity index (χ2n) is 7.71. The largest absolute Gasteiger partial charge is 0.491 e. The lowest BCUT2D eigenvalue weighted by Crippen LogP contribution is -2.10. The van der Waals surface area contributed by atoms with E-state index in [2.05, 4.69) is 21.4 Å². The summed E-state index contributed by atoms with van der Waals surface area (Å²) in [6, 6.07) is 13.8. The summed E-state index contributed by atoms with van der Waals surface area (Å²) in [7, 11) is 0. The number of hydrogen-bond acceptors (Lipinski definition) is 6. The van der Waals surface area contributed by atoms with Gasteiger partial charge in [0, 0.05) is 17.4 Å². The fourth-order valence-corrected chi connectivity index (χ4v) is 3.70. The van der Waals surface area contributed by atoms with Gasteiger partial charge in [-0.15, -0.1) is 12.4 Å². The SMILES string of the molecule is Cc1cc(C)cc(Nc2ncc(-c3cc(OCCO)cc(-c4c(C)cc[nH]c4=O)c3)o2)c1.Cl. The third kappa shape index (κ3) is 5.63. The molecule has 0 aliphatic carbocycles. The molecule has 0 radical (unpaired) electrons. The quantitative estimate of drug-likeness (QED) is 0.347. The average molecular weight is 468 g/mol. The number of anilines is 2. The average Bonchev–Trinajstić information content (AvgIpc) is 3.20. The van der Waals surface area contributed by atoms with Crippen LogP contribution in [0, 0.1) is 20.8 Å². The van der Waals surface area contributed by atoms with Crippen LogP contribution in [-0.2, 0) is 0 Å². The van der Waals surface area contributed by atoms with E-state index in [1.54, 1.807) is 24.5 Å². The zero-order valence-electron chi connectivity index (χ0n) is 18.6. The van der Waals surface area contributed by atoms with Gasteiger partial charge in [-0.25, -0.2) is 4.98 Å². The molecular weight excluding hydrogens is 442 g/mol. The molecule has 0 aliphatic heterocycles. The summed E-state index contributed by atoms with van der Waals surface area (Å²) < 4.78 is 11.6. The summed E-state index contributed by atoms with van der Waals surface area (Å²) in [5.41, 5.74) is 5.77. The van der Waals surface area contributed by atoms with Gasteiger partial charge >= 0.3 is 0 Å². The van der Waals surface area contributed by atoms with Crippen LogP contribution in [0.15, 0.2) is 64.1 Å². The molecule has 0 amide bonds. The van der Waals surface area contributed by atoms with Gasteiger partial charge in [-0.05, 0) is 79.4 Å². The molecule has 0 atom stereocenters. The van der Waals surface area contributed by atoms with Gasteiger partial charge in [0.1, 0.15) is 12.4 Å². The van der Waals surface area contributed by atoms with Gasteiger partial charge in [0.15, 0.2) is 5.76 Å². The normalized spacial score (nSPS) is 10.5. The summed E-state index contributed by atoms with van der Waals surface area (Å²) in [5.74, 6) is 1.05. The lowest BCUT2D eigenvalue weighted by Gasteiger charge is -2.11. The summed E-state index contributed by atoms with van der Waals surface area (Å²) in [5, 5.41) is 12.3. The molecule has 3 N–H and O–H groups in total. The molecule has 0 fully saturated rings. The molecule has 0 unspecified atom stereocenters. The van der Waals surface area contributed by atoms with Crippen molar-refractivity contribution in [1.82, 2.24) is 9.97 Å². The van der Waals surface area contributed by atoms with E-state index in [9.17, 15) is 4.79 Å². The number of aromatic nitrogens is 2. The van der Waals surface area contributed by atoms with Gasteiger partial charge in [0.05, 0.1) is 18.4 Å². The molecule has 2 aromatic carbocycles. The molecule has 0 bridgehead atoms. The molecule has 4 rings (SSSR count). The highest BCUT2D eigenvalue weighted by Gasteiger charge is 2.14. The van der Waals surface area contributed by atoms with Crippen LogP contribution < -0.4 is 15.6 Å². The highest BCUT2D eigenvalue weighted by atomic mass is 35.5. The number of H-pyrrole nitrogens is 1. The minimum atomic E-state index is -0.190. The molecule has 33 heavy (non-hydrogen) atoms. The molecule has 2 heterocycles. The van der Waals surface area contributed by atoms with Crippen LogP contribution >= 0.6 is 12.4 Å². The molecule has 0 spiro atoms. The van der Waals surface area contributed by atoms with E-state index in [0.717, 1.165) is 22.4 Å². The van der Waals surface area contributed by atoms with Crippen molar-refractivity contribution in [2.75, 3.05) is 18.5 Å². The monoisotopic (exact) mass is 467 g/mol. The smallest absolute Gasteiger partial charge is 0.299 e.